The van der Waals surface area contributed by atoms with Crippen molar-refractivity contribution in [3.8, 4) is 6.07 Å². The Morgan fingerprint density at radius 1 is 1.06 bits per heavy atom. The Morgan fingerprint density at radius 3 is 2.39 bits per heavy atom. The summed E-state index contributed by atoms with van der Waals surface area (Å²) in [5, 5.41) is 12.2. The molecule has 1 amide bonds. The van der Waals surface area contributed by atoms with Crippen LogP contribution in [0, 0.1) is 11.3 Å². The zero-order valence-electron chi connectivity index (χ0n) is 18.2. The first-order valence-corrected chi connectivity index (χ1v) is 12.3. The highest BCUT2D eigenvalue weighted by Gasteiger charge is 2.44. The van der Waals surface area contributed by atoms with Crippen LogP contribution >= 0.6 is 0 Å². The van der Waals surface area contributed by atoms with Gasteiger partial charge in [0.1, 0.15) is 0 Å². The van der Waals surface area contributed by atoms with Gasteiger partial charge in [-0.25, -0.2) is 8.42 Å². The van der Waals surface area contributed by atoms with E-state index >= 15 is 0 Å². The summed E-state index contributed by atoms with van der Waals surface area (Å²) in [6.45, 7) is 1.87. The van der Waals surface area contributed by atoms with E-state index in [2.05, 4.69) is 11.4 Å². The standard InChI is InChI=1S/C26H23N3O3S/c1-18-15-20-16-19(7-12-24(20)29(18)33(31,32)23-5-3-2-4-6-23)25(30)28-22-10-8-21(9-11-22)26(17-27)13-14-26/h2-12,16,18H,13-15H2,1H3,(H,28,30). The molecule has 6 nitrogen and oxygen atoms in total. The lowest BCUT2D eigenvalue weighted by Gasteiger charge is -2.24. The van der Waals surface area contributed by atoms with Gasteiger partial charge in [-0.3, -0.25) is 9.10 Å². The molecule has 0 radical (unpaired) electrons. The number of hydrogen-bond acceptors (Lipinski definition) is 4. The maximum Gasteiger partial charge on any atom is 0.264 e. The predicted octanol–water partition coefficient (Wildman–Crippen LogP) is 4.63. The van der Waals surface area contributed by atoms with Crippen LogP contribution in [-0.4, -0.2) is 20.4 Å². The van der Waals surface area contributed by atoms with Crippen LogP contribution in [0.3, 0.4) is 0 Å². The van der Waals surface area contributed by atoms with Crippen LogP contribution in [0.5, 0.6) is 0 Å². The fourth-order valence-corrected chi connectivity index (χ4v) is 6.20. The van der Waals surface area contributed by atoms with E-state index in [-0.39, 0.29) is 22.3 Å². The summed E-state index contributed by atoms with van der Waals surface area (Å²) in [7, 11) is -3.69. The second kappa shape index (κ2) is 7.75. The number of nitrogens with one attached hydrogen (secondary N) is 1. The van der Waals surface area contributed by atoms with E-state index < -0.39 is 10.0 Å². The number of amides is 1. The summed E-state index contributed by atoms with van der Waals surface area (Å²) < 4.78 is 27.9. The van der Waals surface area contributed by atoms with E-state index in [1.807, 2.05) is 31.2 Å². The molecular formula is C26H23N3O3S. The van der Waals surface area contributed by atoms with Gasteiger partial charge in [0.05, 0.1) is 22.1 Å². The molecule has 2 aliphatic rings. The van der Waals surface area contributed by atoms with Gasteiger partial charge in [-0.1, -0.05) is 30.3 Å². The van der Waals surface area contributed by atoms with Crippen LogP contribution in [0.25, 0.3) is 0 Å². The lowest BCUT2D eigenvalue weighted by atomic mass is 9.97. The highest BCUT2D eigenvalue weighted by molar-refractivity contribution is 7.92. The lowest BCUT2D eigenvalue weighted by molar-refractivity contribution is 0.102. The van der Waals surface area contributed by atoms with Crippen LogP contribution in [0.2, 0.25) is 0 Å². The number of benzene rings is 3. The molecule has 3 aromatic carbocycles. The van der Waals surface area contributed by atoms with Gasteiger partial charge in [-0.15, -0.1) is 0 Å². The summed E-state index contributed by atoms with van der Waals surface area (Å²) in [5.41, 5.74) is 3.19. The fraction of sp³-hybridized carbons (Fsp3) is 0.231. The maximum atomic E-state index is 13.2. The van der Waals surface area contributed by atoms with Crippen molar-refractivity contribution in [2.75, 3.05) is 9.62 Å². The van der Waals surface area contributed by atoms with Crippen molar-refractivity contribution in [3.05, 3.63) is 89.5 Å². The molecule has 1 unspecified atom stereocenters. The molecule has 5 rings (SSSR count). The average molecular weight is 458 g/mol. The van der Waals surface area contributed by atoms with Crippen molar-refractivity contribution in [1.82, 2.24) is 0 Å². The van der Waals surface area contributed by atoms with E-state index in [0.29, 0.717) is 23.4 Å². The topological polar surface area (TPSA) is 90.3 Å². The largest absolute Gasteiger partial charge is 0.322 e. The van der Waals surface area contributed by atoms with Crippen LogP contribution in [0.4, 0.5) is 11.4 Å². The second-order valence-corrected chi connectivity index (χ2v) is 10.6. The number of carbonyl (C=O) groups is 1. The molecule has 0 aromatic heterocycles. The number of nitriles is 1. The van der Waals surface area contributed by atoms with Crippen molar-refractivity contribution < 1.29 is 13.2 Å². The highest BCUT2D eigenvalue weighted by Crippen LogP contribution is 2.47. The van der Waals surface area contributed by atoms with Gasteiger partial charge in [0.25, 0.3) is 15.9 Å². The van der Waals surface area contributed by atoms with E-state index in [0.717, 1.165) is 24.0 Å². The van der Waals surface area contributed by atoms with Crippen LogP contribution < -0.4 is 9.62 Å². The molecule has 0 spiro atoms. The molecule has 0 saturated heterocycles. The summed E-state index contributed by atoms with van der Waals surface area (Å²) in [6.07, 6.45) is 2.28. The third-order valence-corrected chi connectivity index (χ3v) is 8.40. The summed E-state index contributed by atoms with van der Waals surface area (Å²) in [5.74, 6) is -0.260. The molecule has 1 atom stereocenters. The molecule has 3 aromatic rings. The Bertz CT molecular complexity index is 1370. The predicted molar refractivity (Wildman–Crippen MR) is 127 cm³/mol. The maximum absolute atomic E-state index is 13.2. The van der Waals surface area contributed by atoms with Crippen molar-refractivity contribution in [2.45, 2.75) is 42.5 Å². The molecule has 33 heavy (non-hydrogen) atoms. The molecule has 166 valence electrons. The molecule has 1 saturated carbocycles. The van der Waals surface area contributed by atoms with Crippen molar-refractivity contribution in [2.24, 2.45) is 0 Å². The van der Waals surface area contributed by atoms with Crippen LogP contribution in [-0.2, 0) is 21.9 Å². The minimum Gasteiger partial charge on any atom is -0.322 e. The van der Waals surface area contributed by atoms with Crippen molar-refractivity contribution in [3.63, 3.8) is 0 Å². The van der Waals surface area contributed by atoms with Gasteiger partial charge in [-0.05, 0) is 79.8 Å². The lowest BCUT2D eigenvalue weighted by Crippen LogP contribution is -2.35. The van der Waals surface area contributed by atoms with Crippen LogP contribution in [0.15, 0.2) is 77.7 Å². The van der Waals surface area contributed by atoms with E-state index in [4.69, 9.17) is 0 Å². The van der Waals surface area contributed by atoms with Gasteiger partial charge in [0.15, 0.2) is 0 Å². The Hall–Kier alpha value is -3.63. The number of carbonyl (C=O) groups excluding carboxylic acids is 1. The molecule has 1 aliphatic carbocycles. The first-order chi connectivity index (χ1) is 15.8. The van der Waals surface area contributed by atoms with Gasteiger partial charge in [0.2, 0.25) is 0 Å². The third-order valence-electron chi connectivity index (χ3n) is 6.45. The molecular weight excluding hydrogens is 434 g/mol. The minimum absolute atomic E-state index is 0.244. The Labute approximate surface area is 193 Å². The fourth-order valence-electron chi connectivity index (χ4n) is 4.48. The number of anilines is 2. The number of sulfonamides is 1. The zero-order valence-corrected chi connectivity index (χ0v) is 19.0. The Kier molecular flexibility index (Phi) is 4.98. The van der Waals surface area contributed by atoms with Gasteiger partial charge in [-0.2, -0.15) is 5.26 Å². The normalized spacial score (nSPS) is 18.3. The molecule has 0 bridgehead atoms. The third kappa shape index (κ3) is 3.66. The van der Waals surface area contributed by atoms with Crippen molar-refractivity contribution >= 4 is 27.3 Å². The molecule has 1 heterocycles. The molecule has 1 aliphatic heterocycles. The summed E-state index contributed by atoms with van der Waals surface area (Å²) >= 11 is 0. The van der Waals surface area contributed by atoms with Gasteiger partial charge >= 0.3 is 0 Å². The molecule has 1 N–H and O–H groups in total. The average Bonchev–Trinajstić information content (AvgIpc) is 3.55. The highest BCUT2D eigenvalue weighted by atomic mass is 32.2. The quantitative estimate of drug-likeness (QED) is 0.605. The van der Waals surface area contributed by atoms with E-state index in [1.165, 1.54) is 4.31 Å². The number of hydrogen-bond donors (Lipinski definition) is 1. The Morgan fingerprint density at radius 2 is 1.76 bits per heavy atom. The minimum atomic E-state index is -3.69. The monoisotopic (exact) mass is 457 g/mol. The number of fused-ring (bicyclic) bond motifs is 1. The number of rotatable bonds is 5. The molecule has 1 fully saturated rings. The Balaban J connectivity index is 1.36. The molecule has 7 heteroatoms. The SMILES string of the molecule is CC1Cc2cc(C(=O)Nc3ccc(C4(C#N)CC4)cc3)ccc2N1S(=O)(=O)c1ccccc1. The zero-order chi connectivity index (χ0) is 23.2. The second-order valence-electron chi connectivity index (χ2n) is 8.74. The van der Waals surface area contributed by atoms with Crippen LogP contribution in [0.1, 0.15) is 41.3 Å². The smallest absolute Gasteiger partial charge is 0.264 e. The summed E-state index contributed by atoms with van der Waals surface area (Å²) in [4.78, 5) is 13.1. The first-order valence-electron chi connectivity index (χ1n) is 10.9. The van der Waals surface area contributed by atoms with Crippen molar-refractivity contribution in [1.29, 1.82) is 5.26 Å². The number of nitrogens with zero attached hydrogens (tertiary/aromatic N) is 2. The summed E-state index contributed by atoms with van der Waals surface area (Å²) in [6, 6.07) is 23.1. The first kappa shape index (κ1) is 21.2. The van der Waals surface area contributed by atoms with E-state index in [9.17, 15) is 18.5 Å². The van der Waals surface area contributed by atoms with E-state index in [1.54, 1.807) is 48.5 Å². The van der Waals surface area contributed by atoms with Gasteiger partial charge < -0.3 is 5.32 Å². The van der Waals surface area contributed by atoms with Gasteiger partial charge in [0, 0.05) is 17.3 Å².